The lowest BCUT2D eigenvalue weighted by molar-refractivity contribution is -0.140. The van der Waals surface area contributed by atoms with Gasteiger partial charge < -0.3 is 14.6 Å². The summed E-state index contributed by atoms with van der Waals surface area (Å²) in [6.07, 6.45) is -6.17. The molecule has 0 aliphatic carbocycles. The van der Waals surface area contributed by atoms with Crippen molar-refractivity contribution in [3.05, 3.63) is 32.6 Å². The third-order valence-electron chi connectivity index (χ3n) is 2.95. The number of ether oxygens (including phenoxy) is 2. The SMILES string of the molecule is O=c1[nH]c(=O)n([C@@H]2CCOC[C@@H](CO)O2)cc1C(F)(F)F. The Morgan fingerprint density at radius 3 is 2.76 bits per heavy atom. The molecule has 0 saturated carbocycles. The molecule has 2 N–H and O–H groups in total. The predicted molar refractivity (Wildman–Crippen MR) is 62.8 cm³/mol. The van der Waals surface area contributed by atoms with Crippen molar-refractivity contribution < 1.29 is 27.8 Å². The van der Waals surface area contributed by atoms with Crippen LogP contribution in [-0.2, 0) is 15.7 Å². The zero-order valence-corrected chi connectivity index (χ0v) is 10.7. The first-order chi connectivity index (χ1) is 9.82. The zero-order chi connectivity index (χ0) is 15.6. The Morgan fingerprint density at radius 1 is 1.43 bits per heavy atom. The molecular weight excluding hydrogens is 297 g/mol. The van der Waals surface area contributed by atoms with Crippen LogP contribution in [0.1, 0.15) is 18.2 Å². The Hall–Kier alpha value is -1.65. The van der Waals surface area contributed by atoms with Crippen LogP contribution in [0, 0.1) is 0 Å². The highest BCUT2D eigenvalue weighted by molar-refractivity contribution is 5.09. The molecule has 1 aliphatic rings. The Bertz CT molecular complexity index is 609. The van der Waals surface area contributed by atoms with Crippen molar-refractivity contribution in [2.75, 3.05) is 19.8 Å². The number of aromatic amines is 1. The number of hydrogen-bond donors (Lipinski definition) is 2. The third kappa shape index (κ3) is 3.52. The molecule has 1 fully saturated rings. The summed E-state index contributed by atoms with van der Waals surface area (Å²) in [6.45, 7) is -0.188. The molecule has 118 valence electrons. The molecule has 0 radical (unpaired) electrons. The highest BCUT2D eigenvalue weighted by Gasteiger charge is 2.36. The lowest BCUT2D eigenvalue weighted by atomic mass is 10.3. The average Bonchev–Trinajstić information content (AvgIpc) is 2.62. The molecule has 2 rings (SSSR count). The molecular formula is C11H13F3N2O5. The van der Waals surface area contributed by atoms with E-state index in [9.17, 15) is 22.8 Å². The summed E-state index contributed by atoms with van der Waals surface area (Å²) in [6, 6.07) is 0. The van der Waals surface area contributed by atoms with Crippen molar-refractivity contribution in [2.45, 2.75) is 24.9 Å². The number of nitrogens with zero attached hydrogens (tertiary/aromatic N) is 1. The molecule has 7 nitrogen and oxygen atoms in total. The molecule has 0 aromatic carbocycles. The Morgan fingerprint density at radius 2 is 2.14 bits per heavy atom. The van der Waals surface area contributed by atoms with Gasteiger partial charge in [-0.05, 0) is 0 Å². The smallest absolute Gasteiger partial charge is 0.394 e. The normalized spacial score (nSPS) is 23.8. The maximum atomic E-state index is 12.7. The minimum Gasteiger partial charge on any atom is -0.394 e. The van der Waals surface area contributed by atoms with E-state index in [2.05, 4.69) is 0 Å². The van der Waals surface area contributed by atoms with Crippen LogP contribution in [0.4, 0.5) is 13.2 Å². The maximum Gasteiger partial charge on any atom is 0.423 e. The number of aliphatic hydroxyl groups is 1. The van der Waals surface area contributed by atoms with Gasteiger partial charge in [0.25, 0.3) is 5.56 Å². The van der Waals surface area contributed by atoms with Crippen LogP contribution >= 0.6 is 0 Å². The maximum absolute atomic E-state index is 12.7. The zero-order valence-electron chi connectivity index (χ0n) is 10.7. The van der Waals surface area contributed by atoms with Crippen LogP contribution in [0.2, 0.25) is 0 Å². The lowest BCUT2D eigenvalue weighted by Gasteiger charge is -2.21. The van der Waals surface area contributed by atoms with Gasteiger partial charge in [-0.25, -0.2) is 4.79 Å². The van der Waals surface area contributed by atoms with E-state index in [1.54, 1.807) is 4.98 Å². The quantitative estimate of drug-likeness (QED) is 0.792. The van der Waals surface area contributed by atoms with Gasteiger partial charge in [-0.3, -0.25) is 14.3 Å². The van der Waals surface area contributed by atoms with E-state index in [1.807, 2.05) is 0 Å². The van der Waals surface area contributed by atoms with Crippen LogP contribution in [0.25, 0.3) is 0 Å². The van der Waals surface area contributed by atoms with Crippen LogP contribution in [0.15, 0.2) is 15.8 Å². The molecule has 1 aromatic rings. The second kappa shape index (κ2) is 6.00. The van der Waals surface area contributed by atoms with Crippen LogP contribution in [0.3, 0.4) is 0 Å². The molecule has 2 atom stereocenters. The number of nitrogens with one attached hydrogen (secondary N) is 1. The second-order valence-electron chi connectivity index (χ2n) is 4.47. The number of aliphatic hydroxyl groups excluding tert-OH is 1. The van der Waals surface area contributed by atoms with E-state index in [4.69, 9.17) is 14.6 Å². The molecule has 10 heteroatoms. The molecule has 0 amide bonds. The topological polar surface area (TPSA) is 93.6 Å². The van der Waals surface area contributed by atoms with Crippen molar-refractivity contribution in [1.29, 1.82) is 0 Å². The first-order valence-electron chi connectivity index (χ1n) is 6.09. The Labute approximate surface area is 115 Å². The molecule has 0 spiro atoms. The molecule has 21 heavy (non-hydrogen) atoms. The van der Waals surface area contributed by atoms with Crippen molar-refractivity contribution in [3.8, 4) is 0 Å². The standard InChI is InChI=1S/C11H13F3N2O5/c12-11(13,14)7-3-16(10(19)15-9(7)18)8-1-2-20-5-6(4-17)21-8/h3,6,8,17H,1-2,4-5H2,(H,15,18,19)/t6-,8+/m1/s1. The molecule has 0 unspecified atom stereocenters. The van der Waals surface area contributed by atoms with Gasteiger partial charge >= 0.3 is 11.9 Å². The van der Waals surface area contributed by atoms with Gasteiger partial charge in [0, 0.05) is 12.6 Å². The molecule has 0 bridgehead atoms. The summed E-state index contributed by atoms with van der Waals surface area (Å²) in [5.74, 6) is 0. The average molecular weight is 310 g/mol. The summed E-state index contributed by atoms with van der Waals surface area (Å²) in [4.78, 5) is 24.5. The van der Waals surface area contributed by atoms with Gasteiger partial charge in [-0.15, -0.1) is 0 Å². The van der Waals surface area contributed by atoms with Gasteiger partial charge in [-0.2, -0.15) is 13.2 Å². The van der Waals surface area contributed by atoms with Crippen LogP contribution < -0.4 is 11.2 Å². The number of alkyl halides is 3. The van der Waals surface area contributed by atoms with E-state index >= 15 is 0 Å². The van der Waals surface area contributed by atoms with E-state index in [-0.39, 0.29) is 19.6 Å². The van der Waals surface area contributed by atoms with Crippen LogP contribution in [-0.4, -0.2) is 40.6 Å². The summed E-state index contributed by atoms with van der Waals surface area (Å²) in [5, 5.41) is 9.05. The van der Waals surface area contributed by atoms with Gasteiger partial charge in [0.05, 0.1) is 19.8 Å². The number of hydrogen-bond acceptors (Lipinski definition) is 5. The summed E-state index contributed by atoms with van der Waals surface area (Å²) in [7, 11) is 0. The van der Waals surface area contributed by atoms with Gasteiger partial charge in [0.15, 0.2) is 0 Å². The predicted octanol–water partition coefficient (Wildman–Crippen LogP) is -0.148. The first kappa shape index (κ1) is 15.7. The summed E-state index contributed by atoms with van der Waals surface area (Å²) in [5.41, 5.74) is -4.01. The van der Waals surface area contributed by atoms with E-state index in [0.29, 0.717) is 10.8 Å². The summed E-state index contributed by atoms with van der Waals surface area (Å²) >= 11 is 0. The van der Waals surface area contributed by atoms with E-state index < -0.39 is 41.9 Å². The third-order valence-corrected chi connectivity index (χ3v) is 2.95. The number of rotatable bonds is 2. The van der Waals surface area contributed by atoms with Crippen molar-refractivity contribution in [3.63, 3.8) is 0 Å². The fourth-order valence-corrected chi connectivity index (χ4v) is 1.93. The van der Waals surface area contributed by atoms with Gasteiger partial charge in [-0.1, -0.05) is 0 Å². The fraction of sp³-hybridized carbons (Fsp3) is 0.636. The second-order valence-corrected chi connectivity index (χ2v) is 4.47. The largest absolute Gasteiger partial charge is 0.423 e. The Kier molecular flexibility index (Phi) is 4.49. The molecule has 1 saturated heterocycles. The van der Waals surface area contributed by atoms with Crippen molar-refractivity contribution >= 4 is 0 Å². The fourth-order valence-electron chi connectivity index (χ4n) is 1.93. The van der Waals surface area contributed by atoms with Crippen molar-refractivity contribution in [1.82, 2.24) is 9.55 Å². The van der Waals surface area contributed by atoms with Crippen LogP contribution in [0.5, 0.6) is 0 Å². The minimum absolute atomic E-state index is 0.0667. The van der Waals surface area contributed by atoms with Gasteiger partial charge in [0.2, 0.25) is 0 Å². The van der Waals surface area contributed by atoms with Gasteiger partial charge in [0.1, 0.15) is 17.9 Å². The van der Waals surface area contributed by atoms with Crippen molar-refractivity contribution in [2.24, 2.45) is 0 Å². The highest BCUT2D eigenvalue weighted by Crippen LogP contribution is 2.27. The molecule has 2 heterocycles. The molecule has 1 aliphatic heterocycles. The first-order valence-corrected chi connectivity index (χ1v) is 6.09. The van der Waals surface area contributed by atoms with E-state index in [1.165, 1.54) is 0 Å². The Balaban J connectivity index is 2.43. The minimum atomic E-state index is -4.89. The number of aromatic nitrogens is 2. The highest BCUT2D eigenvalue weighted by atomic mass is 19.4. The monoisotopic (exact) mass is 310 g/mol. The number of H-pyrrole nitrogens is 1. The summed E-state index contributed by atoms with van der Waals surface area (Å²) < 4.78 is 49.2. The number of halogens is 3. The van der Waals surface area contributed by atoms with E-state index in [0.717, 1.165) is 0 Å². The molecule has 1 aromatic heterocycles. The lowest BCUT2D eigenvalue weighted by Crippen LogP contribution is -2.38.